The van der Waals surface area contributed by atoms with Crippen LogP contribution in [0, 0.1) is 6.92 Å². The summed E-state index contributed by atoms with van der Waals surface area (Å²) >= 11 is 0. The number of hydrogen-bond donors (Lipinski definition) is 2. The summed E-state index contributed by atoms with van der Waals surface area (Å²) in [4.78, 5) is 2.43. The summed E-state index contributed by atoms with van der Waals surface area (Å²) in [5.74, 6) is 2.05. The lowest BCUT2D eigenvalue weighted by molar-refractivity contribution is -0.0299. The molecule has 3 aromatic carbocycles. The highest BCUT2D eigenvalue weighted by Gasteiger charge is 2.38. The number of likely N-dealkylation sites (tertiary alicyclic amines) is 1. The first-order chi connectivity index (χ1) is 17.2. The molecule has 1 aliphatic rings. The molecule has 4 rings (SSSR count). The monoisotopic (exact) mass is 510 g/mol. The number of rotatable bonds is 9. The average Bonchev–Trinajstić information content (AvgIpc) is 2.86. The van der Waals surface area contributed by atoms with E-state index in [2.05, 4.69) is 15.7 Å². The van der Waals surface area contributed by atoms with Crippen LogP contribution in [0.25, 0.3) is 0 Å². The number of methoxy groups -OCH3 is 1. The zero-order chi connectivity index (χ0) is 25.8. The van der Waals surface area contributed by atoms with Crippen molar-refractivity contribution in [2.75, 3.05) is 26.7 Å². The van der Waals surface area contributed by atoms with Gasteiger partial charge in [-0.25, -0.2) is 13.1 Å². The Labute approximate surface area is 213 Å². The normalized spacial score (nSPS) is 16.0. The number of sulfonamides is 1. The minimum atomic E-state index is -3.69. The molecule has 7 nitrogen and oxygen atoms in total. The molecule has 0 bridgehead atoms. The Morgan fingerprint density at radius 1 is 1.00 bits per heavy atom. The van der Waals surface area contributed by atoms with E-state index in [0.717, 1.165) is 16.9 Å². The van der Waals surface area contributed by atoms with E-state index >= 15 is 0 Å². The molecule has 192 valence electrons. The third-order valence-electron chi connectivity index (χ3n) is 6.55. The summed E-state index contributed by atoms with van der Waals surface area (Å²) < 4.78 is 39.6. The quantitative estimate of drug-likeness (QED) is 0.438. The number of aliphatic hydroxyl groups is 1. The van der Waals surface area contributed by atoms with E-state index in [0.29, 0.717) is 56.1 Å². The Hall–Kier alpha value is -2.91. The fourth-order valence-corrected chi connectivity index (χ4v) is 5.98. The number of para-hydroxylation sites is 2. The van der Waals surface area contributed by atoms with Gasteiger partial charge in [0.15, 0.2) is 11.5 Å². The Balaban J connectivity index is 1.46. The molecule has 0 aromatic heterocycles. The minimum absolute atomic E-state index is 0.159. The van der Waals surface area contributed by atoms with Gasteiger partial charge in [0.1, 0.15) is 5.75 Å². The van der Waals surface area contributed by atoms with Gasteiger partial charge in [0, 0.05) is 31.7 Å². The van der Waals surface area contributed by atoms with Crippen molar-refractivity contribution in [1.29, 1.82) is 0 Å². The van der Waals surface area contributed by atoms with E-state index in [1.807, 2.05) is 49.4 Å². The van der Waals surface area contributed by atoms with E-state index < -0.39 is 15.6 Å². The minimum Gasteiger partial charge on any atom is -0.493 e. The second-order valence-corrected chi connectivity index (χ2v) is 10.9. The van der Waals surface area contributed by atoms with E-state index in [4.69, 9.17) is 9.47 Å². The van der Waals surface area contributed by atoms with Crippen LogP contribution in [0.3, 0.4) is 0 Å². The lowest BCUT2D eigenvalue weighted by atomic mass is 9.83. The Morgan fingerprint density at radius 2 is 1.72 bits per heavy atom. The first-order valence-electron chi connectivity index (χ1n) is 12.2. The molecule has 0 amide bonds. The fourth-order valence-electron chi connectivity index (χ4n) is 4.66. The third kappa shape index (κ3) is 5.90. The van der Waals surface area contributed by atoms with E-state index in [1.54, 1.807) is 32.2 Å². The number of ether oxygens (including phenoxy) is 2. The number of piperidine rings is 1. The molecular weight excluding hydrogens is 476 g/mol. The molecule has 8 heteroatoms. The predicted molar refractivity (Wildman–Crippen MR) is 140 cm³/mol. The molecule has 0 radical (unpaired) electrons. The predicted octanol–water partition coefficient (Wildman–Crippen LogP) is 4.58. The largest absolute Gasteiger partial charge is 0.493 e. The molecule has 1 saturated heterocycles. The van der Waals surface area contributed by atoms with Crippen LogP contribution in [0.5, 0.6) is 17.2 Å². The zero-order valence-corrected chi connectivity index (χ0v) is 21.8. The van der Waals surface area contributed by atoms with Gasteiger partial charge in [0.25, 0.3) is 0 Å². The van der Waals surface area contributed by atoms with Gasteiger partial charge in [-0.2, -0.15) is 0 Å². The van der Waals surface area contributed by atoms with Crippen molar-refractivity contribution in [2.24, 2.45) is 0 Å². The summed E-state index contributed by atoms with van der Waals surface area (Å²) in [6, 6.07) is 20.6. The summed E-state index contributed by atoms with van der Waals surface area (Å²) in [5.41, 5.74) is 1.30. The first kappa shape index (κ1) is 26.2. The van der Waals surface area contributed by atoms with E-state index in [-0.39, 0.29) is 4.90 Å². The first-order valence-corrected chi connectivity index (χ1v) is 13.7. The van der Waals surface area contributed by atoms with E-state index in [9.17, 15) is 13.5 Å². The fraction of sp³-hybridized carbons (Fsp3) is 0.357. The standard InChI is InChI=1S/C28H34N2O5S/c1-4-29-36(32,33)27-13-12-21(2)18-24(27)28(31)14-16-30(17-15-28)20-22-8-7-9-23(19-22)35-26-11-6-5-10-25(26)34-3/h5-13,18-19,29,31H,4,14-17,20H2,1-3H3. The molecular formula is C28H34N2O5S. The molecule has 0 spiro atoms. The maximum absolute atomic E-state index is 12.8. The molecule has 0 atom stereocenters. The van der Waals surface area contributed by atoms with Crippen LogP contribution in [-0.2, 0) is 22.2 Å². The summed E-state index contributed by atoms with van der Waals surface area (Å²) in [7, 11) is -2.07. The van der Waals surface area contributed by atoms with Crippen LogP contribution in [0.15, 0.2) is 71.6 Å². The van der Waals surface area contributed by atoms with Crippen LogP contribution in [0.2, 0.25) is 0 Å². The van der Waals surface area contributed by atoms with Crippen molar-refractivity contribution in [3.05, 3.63) is 83.4 Å². The molecule has 36 heavy (non-hydrogen) atoms. The molecule has 0 saturated carbocycles. The highest BCUT2D eigenvalue weighted by atomic mass is 32.2. The van der Waals surface area contributed by atoms with Gasteiger partial charge in [0.05, 0.1) is 17.6 Å². The van der Waals surface area contributed by atoms with Crippen LogP contribution in [0.1, 0.15) is 36.5 Å². The van der Waals surface area contributed by atoms with Crippen molar-refractivity contribution < 1.29 is 23.0 Å². The number of hydrogen-bond acceptors (Lipinski definition) is 6. The second kappa shape index (κ2) is 11.0. The Kier molecular flexibility index (Phi) is 8.00. The molecule has 1 heterocycles. The van der Waals surface area contributed by atoms with Crippen molar-refractivity contribution in [3.63, 3.8) is 0 Å². The number of benzene rings is 3. The smallest absolute Gasteiger partial charge is 0.240 e. The second-order valence-electron chi connectivity index (χ2n) is 9.21. The summed E-state index contributed by atoms with van der Waals surface area (Å²) in [6.45, 7) is 5.93. The van der Waals surface area contributed by atoms with Gasteiger partial charge in [-0.3, -0.25) is 4.90 Å². The van der Waals surface area contributed by atoms with Crippen molar-refractivity contribution in [2.45, 2.75) is 43.7 Å². The van der Waals surface area contributed by atoms with E-state index in [1.165, 1.54) is 0 Å². The van der Waals surface area contributed by atoms with Crippen molar-refractivity contribution >= 4 is 10.0 Å². The number of aryl methyl sites for hydroxylation is 1. The molecule has 0 unspecified atom stereocenters. The molecule has 2 N–H and O–H groups in total. The number of nitrogens with one attached hydrogen (secondary N) is 1. The van der Waals surface area contributed by atoms with Gasteiger partial charge in [-0.05, 0) is 55.7 Å². The molecule has 1 fully saturated rings. The molecule has 3 aromatic rings. The van der Waals surface area contributed by atoms with Gasteiger partial charge in [-0.15, -0.1) is 0 Å². The lowest BCUT2D eigenvalue weighted by Gasteiger charge is -2.39. The van der Waals surface area contributed by atoms with Crippen molar-refractivity contribution in [3.8, 4) is 17.2 Å². The molecule has 0 aliphatic carbocycles. The average molecular weight is 511 g/mol. The topological polar surface area (TPSA) is 88.1 Å². The zero-order valence-electron chi connectivity index (χ0n) is 21.0. The van der Waals surface area contributed by atoms with Crippen LogP contribution < -0.4 is 14.2 Å². The Morgan fingerprint density at radius 3 is 2.42 bits per heavy atom. The van der Waals surface area contributed by atoms with Gasteiger partial charge < -0.3 is 14.6 Å². The van der Waals surface area contributed by atoms with Crippen LogP contribution in [-0.4, -0.2) is 45.2 Å². The van der Waals surface area contributed by atoms with Gasteiger partial charge >= 0.3 is 0 Å². The molecule has 1 aliphatic heterocycles. The van der Waals surface area contributed by atoms with Gasteiger partial charge in [-0.1, -0.05) is 48.9 Å². The van der Waals surface area contributed by atoms with Crippen molar-refractivity contribution in [1.82, 2.24) is 9.62 Å². The SMILES string of the molecule is CCNS(=O)(=O)c1ccc(C)cc1C1(O)CCN(Cc2cccc(Oc3ccccc3OC)c2)CC1. The maximum Gasteiger partial charge on any atom is 0.240 e. The van der Waals surface area contributed by atoms with Gasteiger partial charge in [0.2, 0.25) is 10.0 Å². The Bertz CT molecular complexity index is 1300. The number of nitrogens with zero attached hydrogens (tertiary/aromatic N) is 1. The highest BCUT2D eigenvalue weighted by Crippen LogP contribution is 2.38. The maximum atomic E-state index is 12.8. The lowest BCUT2D eigenvalue weighted by Crippen LogP contribution is -2.43. The third-order valence-corrected chi connectivity index (χ3v) is 8.15. The highest BCUT2D eigenvalue weighted by molar-refractivity contribution is 7.89. The van der Waals surface area contributed by atoms with Crippen LogP contribution in [0.4, 0.5) is 0 Å². The van der Waals surface area contributed by atoms with Crippen LogP contribution >= 0.6 is 0 Å². The summed E-state index contributed by atoms with van der Waals surface area (Å²) in [6.07, 6.45) is 0.894. The summed E-state index contributed by atoms with van der Waals surface area (Å²) in [5, 5.41) is 11.6.